The van der Waals surface area contributed by atoms with Crippen molar-refractivity contribution in [2.45, 2.75) is 31.5 Å². The van der Waals surface area contributed by atoms with E-state index in [1.54, 1.807) is 12.1 Å². The first-order valence-electron chi connectivity index (χ1n) is 8.33. The van der Waals surface area contributed by atoms with Crippen LogP contribution < -0.4 is 10.9 Å². The van der Waals surface area contributed by atoms with Crippen molar-refractivity contribution in [2.75, 3.05) is 6.54 Å². The van der Waals surface area contributed by atoms with Crippen LogP contribution in [0.1, 0.15) is 29.2 Å². The quantitative estimate of drug-likeness (QED) is 0.891. The maximum absolute atomic E-state index is 13.0. The molecular weight excluding hydrogens is 305 g/mol. The molecular formula is C19H20FN3O. The minimum Gasteiger partial charge on any atom is -0.337 e. The number of amides is 1. The molecule has 1 saturated heterocycles. The normalized spacial score (nSPS) is 23.1. The van der Waals surface area contributed by atoms with Crippen molar-refractivity contribution in [1.82, 2.24) is 15.8 Å². The zero-order valence-corrected chi connectivity index (χ0v) is 13.3. The molecule has 4 nitrogen and oxygen atoms in total. The van der Waals surface area contributed by atoms with Gasteiger partial charge in [-0.2, -0.15) is 0 Å². The molecule has 2 heterocycles. The van der Waals surface area contributed by atoms with Gasteiger partial charge < -0.3 is 4.90 Å². The SMILES string of the molecule is O=C(C1CC(c2ccc(F)cc2)NN1)N1CCc2ccccc2C1. The highest BCUT2D eigenvalue weighted by Crippen LogP contribution is 2.25. The summed E-state index contributed by atoms with van der Waals surface area (Å²) in [5.74, 6) is -0.120. The largest absolute Gasteiger partial charge is 0.337 e. The molecule has 0 aliphatic carbocycles. The molecule has 2 aromatic rings. The summed E-state index contributed by atoms with van der Waals surface area (Å²) >= 11 is 0. The molecule has 4 rings (SSSR count). The molecule has 2 aromatic carbocycles. The van der Waals surface area contributed by atoms with Crippen LogP contribution in [0.3, 0.4) is 0 Å². The zero-order chi connectivity index (χ0) is 16.5. The lowest BCUT2D eigenvalue weighted by Crippen LogP contribution is -2.47. The fourth-order valence-electron chi connectivity index (χ4n) is 3.54. The maximum atomic E-state index is 13.0. The van der Waals surface area contributed by atoms with Gasteiger partial charge in [0.05, 0.1) is 0 Å². The summed E-state index contributed by atoms with van der Waals surface area (Å²) < 4.78 is 13.0. The van der Waals surface area contributed by atoms with E-state index in [4.69, 9.17) is 0 Å². The Bertz CT molecular complexity index is 747. The molecule has 0 aromatic heterocycles. The van der Waals surface area contributed by atoms with Crippen LogP contribution >= 0.6 is 0 Å². The van der Waals surface area contributed by atoms with Crippen molar-refractivity contribution in [3.63, 3.8) is 0 Å². The fraction of sp³-hybridized carbons (Fsp3) is 0.316. The molecule has 0 radical (unpaired) electrons. The molecule has 1 amide bonds. The van der Waals surface area contributed by atoms with Crippen molar-refractivity contribution >= 4 is 5.91 Å². The van der Waals surface area contributed by atoms with Crippen molar-refractivity contribution < 1.29 is 9.18 Å². The Labute approximate surface area is 140 Å². The van der Waals surface area contributed by atoms with Gasteiger partial charge in [-0.3, -0.25) is 4.79 Å². The maximum Gasteiger partial charge on any atom is 0.241 e. The summed E-state index contributed by atoms with van der Waals surface area (Å²) in [7, 11) is 0. The number of carbonyl (C=O) groups is 1. The first kappa shape index (κ1) is 15.3. The number of benzene rings is 2. The smallest absolute Gasteiger partial charge is 0.241 e. The number of carbonyl (C=O) groups excluding carboxylic acids is 1. The van der Waals surface area contributed by atoms with E-state index < -0.39 is 0 Å². The highest BCUT2D eigenvalue weighted by molar-refractivity contribution is 5.82. The van der Waals surface area contributed by atoms with Crippen LogP contribution in [0.15, 0.2) is 48.5 Å². The van der Waals surface area contributed by atoms with Crippen molar-refractivity contribution in [3.8, 4) is 0 Å². The van der Waals surface area contributed by atoms with Crippen LogP contribution in [-0.2, 0) is 17.8 Å². The molecule has 5 heteroatoms. The molecule has 0 spiro atoms. The van der Waals surface area contributed by atoms with E-state index in [9.17, 15) is 9.18 Å². The summed E-state index contributed by atoms with van der Waals surface area (Å²) in [6, 6.07) is 14.5. The standard InChI is InChI=1S/C19H20FN3O/c20-16-7-5-14(6-8-16)17-11-18(22-21-17)19(24)23-10-9-13-3-1-2-4-15(13)12-23/h1-8,17-18,21-22H,9-12H2. The van der Waals surface area contributed by atoms with E-state index in [2.05, 4.69) is 23.0 Å². The van der Waals surface area contributed by atoms with Crippen LogP contribution in [0.25, 0.3) is 0 Å². The van der Waals surface area contributed by atoms with Crippen molar-refractivity contribution in [1.29, 1.82) is 0 Å². The van der Waals surface area contributed by atoms with Gasteiger partial charge in [0, 0.05) is 19.1 Å². The summed E-state index contributed by atoms with van der Waals surface area (Å²) in [6.45, 7) is 1.43. The monoisotopic (exact) mass is 325 g/mol. The Morgan fingerprint density at radius 2 is 1.79 bits per heavy atom. The van der Waals surface area contributed by atoms with Gasteiger partial charge in [0.15, 0.2) is 0 Å². The van der Waals surface area contributed by atoms with E-state index in [0.717, 1.165) is 18.5 Å². The molecule has 2 atom stereocenters. The van der Waals surface area contributed by atoms with Gasteiger partial charge in [0.2, 0.25) is 5.91 Å². The molecule has 1 fully saturated rings. The lowest BCUT2D eigenvalue weighted by atomic mass is 9.98. The first-order chi connectivity index (χ1) is 11.7. The number of halogens is 1. The van der Waals surface area contributed by atoms with Crippen LogP contribution in [0.5, 0.6) is 0 Å². The van der Waals surface area contributed by atoms with Gasteiger partial charge in [-0.25, -0.2) is 15.2 Å². The summed E-state index contributed by atoms with van der Waals surface area (Å²) in [4.78, 5) is 14.7. The summed E-state index contributed by atoms with van der Waals surface area (Å²) in [5, 5.41) is 0. The lowest BCUT2D eigenvalue weighted by Gasteiger charge is -2.30. The van der Waals surface area contributed by atoms with Gasteiger partial charge in [-0.15, -0.1) is 0 Å². The van der Waals surface area contributed by atoms with Crippen LogP contribution in [-0.4, -0.2) is 23.4 Å². The van der Waals surface area contributed by atoms with Gasteiger partial charge in [0.1, 0.15) is 11.9 Å². The van der Waals surface area contributed by atoms with Gasteiger partial charge in [0.25, 0.3) is 0 Å². The molecule has 24 heavy (non-hydrogen) atoms. The van der Waals surface area contributed by atoms with Crippen molar-refractivity contribution in [2.24, 2.45) is 0 Å². The molecule has 2 N–H and O–H groups in total. The predicted molar refractivity (Wildman–Crippen MR) is 89.4 cm³/mol. The number of hydrazine groups is 1. The number of nitrogens with one attached hydrogen (secondary N) is 2. The second kappa shape index (κ2) is 6.34. The van der Waals surface area contributed by atoms with Gasteiger partial charge in [-0.05, 0) is 41.7 Å². The van der Waals surface area contributed by atoms with Crippen molar-refractivity contribution in [3.05, 3.63) is 71.0 Å². The molecule has 0 saturated carbocycles. The highest BCUT2D eigenvalue weighted by atomic mass is 19.1. The Kier molecular flexibility index (Phi) is 4.04. The molecule has 2 aliphatic heterocycles. The van der Waals surface area contributed by atoms with E-state index >= 15 is 0 Å². The third kappa shape index (κ3) is 2.92. The number of hydrogen-bond acceptors (Lipinski definition) is 3. The Morgan fingerprint density at radius 3 is 2.58 bits per heavy atom. The second-order valence-electron chi connectivity index (χ2n) is 6.46. The molecule has 2 unspecified atom stereocenters. The van der Waals surface area contributed by atoms with E-state index in [1.807, 2.05) is 17.0 Å². The summed E-state index contributed by atoms with van der Waals surface area (Å²) in [5.41, 5.74) is 9.83. The third-order valence-corrected chi connectivity index (χ3v) is 4.92. The van der Waals surface area contributed by atoms with Crippen LogP contribution in [0.4, 0.5) is 4.39 Å². The minimum atomic E-state index is -0.246. The summed E-state index contributed by atoms with van der Waals surface area (Å²) in [6.07, 6.45) is 1.58. The number of rotatable bonds is 2. The minimum absolute atomic E-state index is 0.0247. The van der Waals surface area contributed by atoms with E-state index in [0.29, 0.717) is 13.0 Å². The lowest BCUT2D eigenvalue weighted by molar-refractivity contribution is -0.134. The second-order valence-corrected chi connectivity index (χ2v) is 6.46. The molecule has 124 valence electrons. The molecule has 2 aliphatic rings. The number of nitrogens with zero attached hydrogens (tertiary/aromatic N) is 1. The first-order valence-corrected chi connectivity index (χ1v) is 8.33. The van der Waals surface area contributed by atoms with E-state index in [-0.39, 0.29) is 23.8 Å². The Hall–Kier alpha value is -2.24. The Morgan fingerprint density at radius 1 is 1.04 bits per heavy atom. The fourth-order valence-corrected chi connectivity index (χ4v) is 3.54. The topological polar surface area (TPSA) is 44.4 Å². The predicted octanol–water partition coefficient (Wildman–Crippen LogP) is 2.32. The molecule has 0 bridgehead atoms. The number of fused-ring (bicyclic) bond motifs is 1. The number of hydrogen-bond donors (Lipinski definition) is 2. The average molecular weight is 325 g/mol. The van der Waals surface area contributed by atoms with Gasteiger partial charge in [-0.1, -0.05) is 36.4 Å². The van der Waals surface area contributed by atoms with Crippen LogP contribution in [0, 0.1) is 5.82 Å². The Balaban J connectivity index is 1.42. The van der Waals surface area contributed by atoms with E-state index in [1.165, 1.54) is 23.3 Å². The van der Waals surface area contributed by atoms with Gasteiger partial charge >= 0.3 is 0 Å². The van der Waals surface area contributed by atoms with Crippen LogP contribution in [0.2, 0.25) is 0 Å². The third-order valence-electron chi connectivity index (χ3n) is 4.92. The zero-order valence-electron chi connectivity index (χ0n) is 13.3. The average Bonchev–Trinajstić information content (AvgIpc) is 3.11. The highest BCUT2D eigenvalue weighted by Gasteiger charge is 2.33.